The van der Waals surface area contributed by atoms with E-state index in [1.54, 1.807) is 18.2 Å². The Hall–Kier alpha value is -3.00. The number of amides is 2. The zero-order chi connectivity index (χ0) is 21.0. The molecule has 2 aromatic rings. The van der Waals surface area contributed by atoms with Crippen molar-refractivity contribution in [2.75, 3.05) is 29.9 Å². The number of halogens is 4. The molecule has 1 heterocycles. The number of nitrogens with zero attached hydrogens (tertiary/aromatic N) is 1. The topological polar surface area (TPSA) is 61.4 Å². The molecule has 0 saturated carbocycles. The quantitative estimate of drug-likeness (QED) is 0.732. The van der Waals surface area contributed by atoms with E-state index in [-0.39, 0.29) is 18.0 Å². The van der Waals surface area contributed by atoms with Gasteiger partial charge in [-0.3, -0.25) is 9.59 Å². The first-order valence-corrected chi connectivity index (χ1v) is 9.08. The fourth-order valence-corrected chi connectivity index (χ4v) is 3.16. The highest BCUT2D eigenvalue weighted by Gasteiger charge is 2.30. The van der Waals surface area contributed by atoms with E-state index in [2.05, 4.69) is 10.6 Å². The summed E-state index contributed by atoms with van der Waals surface area (Å²) in [6.45, 7) is 1.34. The minimum absolute atomic E-state index is 0.0931. The Bertz CT molecular complexity index is 960. The Morgan fingerprint density at radius 2 is 2.00 bits per heavy atom. The summed E-state index contributed by atoms with van der Waals surface area (Å²) in [6, 6.07) is 9.58. The maximum absolute atomic E-state index is 12.7. The van der Waals surface area contributed by atoms with Gasteiger partial charge in [0, 0.05) is 24.9 Å². The number of benzene rings is 2. The highest BCUT2D eigenvalue weighted by Crippen LogP contribution is 2.30. The molecule has 2 N–H and O–H groups in total. The van der Waals surface area contributed by atoms with E-state index in [4.69, 9.17) is 11.6 Å². The van der Waals surface area contributed by atoms with Gasteiger partial charge in [-0.25, -0.2) is 0 Å². The summed E-state index contributed by atoms with van der Waals surface area (Å²) in [5.74, 6) is -0.604. The molecule has 0 aromatic heterocycles. The second-order valence-corrected chi connectivity index (χ2v) is 6.79. The summed E-state index contributed by atoms with van der Waals surface area (Å²) in [5, 5.41) is 5.71. The lowest BCUT2D eigenvalue weighted by molar-refractivity contribution is -0.137. The monoisotopic (exact) mass is 423 g/mol. The first-order valence-electron chi connectivity index (χ1n) is 8.70. The van der Waals surface area contributed by atoms with Gasteiger partial charge in [-0.05, 0) is 42.0 Å². The van der Waals surface area contributed by atoms with Crippen molar-refractivity contribution in [3.8, 4) is 0 Å². The van der Waals surface area contributed by atoms with Crippen LogP contribution in [-0.4, -0.2) is 31.4 Å². The molecule has 3 rings (SSSR count). The minimum atomic E-state index is -4.44. The molecule has 29 heavy (non-hydrogen) atoms. The van der Waals surface area contributed by atoms with Gasteiger partial charge in [0.15, 0.2) is 0 Å². The summed E-state index contributed by atoms with van der Waals surface area (Å²) >= 11 is 6.28. The standard InChI is InChI=1S/C20H17ClF3N3O2/c21-16-11-15(5-6-17(16)27-9-8-25-19(29)12-27)26-18(28)7-4-13-2-1-3-14(10-13)20(22,23)24/h1-7,10-11H,8-9,12H2,(H,25,29)(H,26,28)/b7-4+. The van der Waals surface area contributed by atoms with Crippen LogP contribution in [0.1, 0.15) is 11.1 Å². The molecule has 1 aliphatic heterocycles. The number of hydrogen-bond donors (Lipinski definition) is 2. The molecular weight excluding hydrogens is 407 g/mol. The van der Waals surface area contributed by atoms with Gasteiger partial charge in [-0.1, -0.05) is 23.7 Å². The SMILES string of the molecule is O=C(/C=C/c1cccc(C(F)(F)F)c1)Nc1ccc(N2CCNC(=O)C2)c(Cl)c1. The van der Waals surface area contributed by atoms with Crippen LogP contribution in [0, 0.1) is 0 Å². The normalized spacial score (nSPS) is 14.8. The molecule has 152 valence electrons. The van der Waals surface area contributed by atoms with Crippen molar-refractivity contribution in [3.05, 3.63) is 64.7 Å². The largest absolute Gasteiger partial charge is 0.416 e. The third kappa shape index (κ3) is 5.51. The molecule has 2 aromatic carbocycles. The average molecular weight is 424 g/mol. The van der Waals surface area contributed by atoms with Gasteiger partial charge in [0.2, 0.25) is 11.8 Å². The second kappa shape index (κ2) is 8.57. The molecule has 1 aliphatic rings. The van der Waals surface area contributed by atoms with Crippen LogP contribution in [0.5, 0.6) is 0 Å². The third-order valence-electron chi connectivity index (χ3n) is 4.24. The van der Waals surface area contributed by atoms with E-state index < -0.39 is 17.6 Å². The lowest BCUT2D eigenvalue weighted by Gasteiger charge is -2.29. The Balaban J connectivity index is 1.66. The van der Waals surface area contributed by atoms with Gasteiger partial charge in [0.05, 0.1) is 22.8 Å². The van der Waals surface area contributed by atoms with Crippen molar-refractivity contribution < 1.29 is 22.8 Å². The molecule has 1 fully saturated rings. The van der Waals surface area contributed by atoms with E-state index >= 15 is 0 Å². The second-order valence-electron chi connectivity index (χ2n) is 6.38. The molecule has 0 bridgehead atoms. The number of hydrogen-bond acceptors (Lipinski definition) is 3. The molecule has 0 spiro atoms. The average Bonchev–Trinajstić information content (AvgIpc) is 2.66. The minimum Gasteiger partial charge on any atom is -0.359 e. The maximum atomic E-state index is 12.7. The molecular formula is C20H17ClF3N3O2. The van der Waals surface area contributed by atoms with Crippen LogP contribution in [0.15, 0.2) is 48.5 Å². The molecule has 2 amide bonds. The number of anilines is 2. The van der Waals surface area contributed by atoms with E-state index in [0.29, 0.717) is 29.5 Å². The van der Waals surface area contributed by atoms with Gasteiger partial charge in [-0.2, -0.15) is 13.2 Å². The van der Waals surface area contributed by atoms with E-state index in [9.17, 15) is 22.8 Å². The summed E-state index contributed by atoms with van der Waals surface area (Å²) in [6.07, 6.45) is -2.00. The highest BCUT2D eigenvalue weighted by atomic mass is 35.5. The molecule has 5 nitrogen and oxygen atoms in total. The first-order chi connectivity index (χ1) is 13.7. The highest BCUT2D eigenvalue weighted by molar-refractivity contribution is 6.33. The zero-order valence-electron chi connectivity index (χ0n) is 15.1. The lowest BCUT2D eigenvalue weighted by Crippen LogP contribution is -2.47. The van der Waals surface area contributed by atoms with Crippen LogP contribution in [0.2, 0.25) is 5.02 Å². The van der Waals surface area contributed by atoms with Gasteiger partial charge < -0.3 is 15.5 Å². The molecule has 0 unspecified atom stereocenters. The predicted octanol–water partition coefficient (Wildman–Crippen LogP) is 3.95. The van der Waals surface area contributed by atoms with Gasteiger partial charge in [-0.15, -0.1) is 0 Å². The first kappa shape index (κ1) is 20.7. The smallest absolute Gasteiger partial charge is 0.359 e. The summed E-state index contributed by atoms with van der Waals surface area (Å²) in [4.78, 5) is 25.4. The molecule has 0 aliphatic carbocycles. The molecule has 1 saturated heterocycles. The Morgan fingerprint density at radius 3 is 2.69 bits per heavy atom. The van der Waals surface area contributed by atoms with E-state index in [1.165, 1.54) is 18.2 Å². The van der Waals surface area contributed by atoms with Crippen molar-refractivity contribution in [2.24, 2.45) is 0 Å². The van der Waals surface area contributed by atoms with Crippen LogP contribution in [0.3, 0.4) is 0 Å². The number of rotatable bonds is 4. The van der Waals surface area contributed by atoms with Crippen LogP contribution in [-0.2, 0) is 15.8 Å². The fraction of sp³-hybridized carbons (Fsp3) is 0.200. The molecule has 9 heteroatoms. The number of carbonyl (C=O) groups excluding carboxylic acids is 2. The van der Waals surface area contributed by atoms with Gasteiger partial charge in [0.25, 0.3) is 0 Å². The van der Waals surface area contributed by atoms with Crippen molar-refractivity contribution in [3.63, 3.8) is 0 Å². The van der Waals surface area contributed by atoms with Crippen molar-refractivity contribution >= 4 is 40.9 Å². The summed E-state index contributed by atoms with van der Waals surface area (Å²) in [7, 11) is 0. The number of piperazine rings is 1. The van der Waals surface area contributed by atoms with Crippen LogP contribution in [0.25, 0.3) is 6.08 Å². The maximum Gasteiger partial charge on any atom is 0.416 e. The lowest BCUT2D eigenvalue weighted by atomic mass is 10.1. The zero-order valence-corrected chi connectivity index (χ0v) is 15.8. The van der Waals surface area contributed by atoms with Crippen LogP contribution < -0.4 is 15.5 Å². The Kier molecular flexibility index (Phi) is 6.12. The van der Waals surface area contributed by atoms with Gasteiger partial charge >= 0.3 is 6.18 Å². The van der Waals surface area contributed by atoms with Crippen LogP contribution >= 0.6 is 11.6 Å². The Morgan fingerprint density at radius 1 is 1.21 bits per heavy atom. The van der Waals surface area contributed by atoms with Crippen molar-refractivity contribution in [2.45, 2.75) is 6.18 Å². The van der Waals surface area contributed by atoms with Crippen molar-refractivity contribution in [1.82, 2.24) is 5.32 Å². The third-order valence-corrected chi connectivity index (χ3v) is 4.54. The Labute approximate surface area is 170 Å². The molecule has 0 radical (unpaired) electrons. The van der Waals surface area contributed by atoms with Crippen molar-refractivity contribution in [1.29, 1.82) is 0 Å². The number of nitrogens with one attached hydrogen (secondary N) is 2. The number of alkyl halides is 3. The number of carbonyl (C=O) groups is 2. The summed E-state index contributed by atoms with van der Waals surface area (Å²) < 4.78 is 38.2. The van der Waals surface area contributed by atoms with Gasteiger partial charge in [0.1, 0.15) is 0 Å². The molecule has 0 atom stereocenters. The predicted molar refractivity (Wildman–Crippen MR) is 106 cm³/mol. The van der Waals surface area contributed by atoms with Crippen LogP contribution in [0.4, 0.5) is 24.5 Å². The van der Waals surface area contributed by atoms with E-state index in [1.807, 2.05) is 4.90 Å². The van der Waals surface area contributed by atoms with E-state index in [0.717, 1.165) is 18.2 Å². The fourth-order valence-electron chi connectivity index (χ4n) is 2.86. The summed E-state index contributed by atoms with van der Waals surface area (Å²) in [5.41, 5.74) is 0.582.